The zero-order valence-electron chi connectivity index (χ0n) is 18.8. The van der Waals surface area contributed by atoms with Crippen molar-refractivity contribution < 1.29 is 19.2 Å². The van der Waals surface area contributed by atoms with Gasteiger partial charge in [0.05, 0.1) is 13.1 Å². The van der Waals surface area contributed by atoms with E-state index in [0.717, 1.165) is 12.1 Å². The van der Waals surface area contributed by atoms with E-state index in [2.05, 4.69) is 28.8 Å². The second kappa shape index (κ2) is 10.4. The van der Waals surface area contributed by atoms with Crippen LogP contribution < -0.4 is 15.5 Å². The summed E-state index contributed by atoms with van der Waals surface area (Å²) < 4.78 is 5.27. The van der Waals surface area contributed by atoms with Crippen LogP contribution in [0, 0.1) is 0 Å². The first-order valence-electron chi connectivity index (χ1n) is 11.1. The summed E-state index contributed by atoms with van der Waals surface area (Å²) in [7, 11) is 0. The number of amides is 2. The molecule has 3 N–H and O–H groups in total. The Labute approximate surface area is 185 Å². The van der Waals surface area contributed by atoms with Crippen LogP contribution in [0.2, 0.25) is 0 Å². The summed E-state index contributed by atoms with van der Waals surface area (Å²) in [5.74, 6) is -0.173. The first-order chi connectivity index (χ1) is 14.8. The van der Waals surface area contributed by atoms with Crippen molar-refractivity contribution in [1.29, 1.82) is 0 Å². The Morgan fingerprint density at radius 3 is 2.39 bits per heavy atom. The van der Waals surface area contributed by atoms with Crippen LogP contribution in [-0.2, 0) is 17.8 Å². The van der Waals surface area contributed by atoms with Crippen LogP contribution in [0.5, 0.6) is 0 Å². The van der Waals surface area contributed by atoms with Gasteiger partial charge in [0, 0.05) is 23.4 Å². The van der Waals surface area contributed by atoms with Crippen LogP contribution in [0.25, 0.3) is 0 Å². The Balaban J connectivity index is 1.59. The van der Waals surface area contributed by atoms with Gasteiger partial charge in [-0.25, -0.2) is 4.79 Å². The Hall–Kier alpha value is -2.86. The maximum Gasteiger partial charge on any atom is 0.412 e. The van der Waals surface area contributed by atoms with Gasteiger partial charge in [0.15, 0.2) is 0 Å². The van der Waals surface area contributed by atoms with Gasteiger partial charge in [0.1, 0.15) is 12.1 Å². The molecule has 0 atom stereocenters. The molecule has 166 valence electrons. The third-order valence-electron chi connectivity index (χ3n) is 5.33. The molecule has 0 saturated carbocycles. The molecule has 0 radical (unpaired) electrons. The van der Waals surface area contributed by atoms with E-state index in [4.69, 9.17) is 4.74 Å². The van der Waals surface area contributed by atoms with Crippen molar-refractivity contribution in [2.45, 2.75) is 58.7 Å². The first kappa shape index (κ1) is 22.8. The zero-order chi connectivity index (χ0) is 22.3. The zero-order valence-corrected chi connectivity index (χ0v) is 18.8. The SMILES string of the molecule is CC(C)(C)OC(=O)Nc1cccc(C(=O)NCc2ccccc2C[NH+]2CCCCC2)c1. The minimum Gasteiger partial charge on any atom is -0.444 e. The minimum absolute atomic E-state index is 0.173. The molecule has 3 rings (SSSR count). The highest BCUT2D eigenvalue weighted by molar-refractivity contribution is 5.96. The van der Waals surface area contributed by atoms with E-state index in [1.165, 1.54) is 37.9 Å². The van der Waals surface area contributed by atoms with Gasteiger partial charge < -0.3 is 15.0 Å². The number of carbonyl (C=O) groups is 2. The maximum absolute atomic E-state index is 12.7. The summed E-state index contributed by atoms with van der Waals surface area (Å²) in [5, 5.41) is 5.70. The van der Waals surface area contributed by atoms with E-state index in [9.17, 15) is 9.59 Å². The fourth-order valence-electron chi connectivity index (χ4n) is 3.84. The van der Waals surface area contributed by atoms with Crippen LogP contribution in [0.4, 0.5) is 10.5 Å². The molecule has 1 heterocycles. The average molecular weight is 425 g/mol. The molecule has 1 aliphatic rings. The third-order valence-corrected chi connectivity index (χ3v) is 5.33. The number of quaternary nitrogens is 1. The number of benzene rings is 2. The molecule has 2 aromatic rings. The first-order valence-corrected chi connectivity index (χ1v) is 11.1. The predicted octanol–water partition coefficient (Wildman–Crippen LogP) is 3.53. The number of likely N-dealkylation sites (tertiary alicyclic amines) is 1. The predicted molar refractivity (Wildman–Crippen MR) is 122 cm³/mol. The largest absolute Gasteiger partial charge is 0.444 e. The van der Waals surface area contributed by atoms with Gasteiger partial charge in [0.25, 0.3) is 5.91 Å². The van der Waals surface area contributed by atoms with Gasteiger partial charge in [-0.2, -0.15) is 0 Å². The quantitative estimate of drug-likeness (QED) is 0.664. The summed E-state index contributed by atoms with van der Waals surface area (Å²) in [6.45, 7) is 9.34. The maximum atomic E-state index is 12.7. The second-order valence-corrected chi connectivity index (χ2v) is 9.15. The standard InChI is InChI=1S/C25H33N3O3/c1-25(2,3)31-24(30)27-22-13-9-12-19(16-22)23(29)26-17-20-10-5-6-11-21(20)18-28-14-7-4-8-15-28/h5-6,9-13,16H,4,7-8,14-15,17-18H2,1-3H3,(H,26,29)(H,27,30)/p+1. The Kier molecular flexibility index (Phi) is 7.69. The van der Waals surface area contributed by atoms with Gasteiger partial charge in [-0.05, 0) is 63.8 Å². The lowest BCUT2D eigenvalue weighted by Crippen LogP contribution is -3.11. The van der Waals surface area contributed by atoms with E-state index in [-0.39, 0.29) is 5.91 Å². The molecule has 0 spiro atoms. The average Bonchev–Trinajstić information content (AvgIpc) is 2.72. The molecule has 1 saturated heterocycles. The number of piperidine rings is 1. The van der Waals surface area contributed by atoms with Gasteiger partial charge in [-0.1, -0.05) is 30.3 Å². The molecule has 0 unspecified atom stereocenters. The van der Waals surface area contributed by atoms with Crippen LogP contribution in [-0.4, -0.2) is 30.7 Å². The van der Waals surface area contributed by atoms with E-state index in [1.807, 2.05) is 6.07 Å². The van der Waals surface area contributed by atoms with Crippen LogP contribution in [0.1, 0.15) is 61.5 Å². The highest BCUT2D eigenvalue weighted by Gasteiger charge is 2.18. The van der Waals surface area contributed by atoms with Gasteiger partial charge in [0.2, 0.25) is 0 Å². The highest BCUT2D eigenvalue weighted by Crippen LogP contribution is 2.14. The van der Waals surface area contributed by atoms with Crippen LogP contribution >= 0.6 is 0 Å². The van der Waals surface area contributed by atoms with Crippen molar-refractivity contribution in [3.05, 3.63) is 65.2 Å². The minimum atomic E-state index is -0.581. The summed E-state index contributed by atoms with van der Waals surface area (Å²) in [6, 6.07) is 15.2. The van der Waals surface area contributed by atoms with Crippen molar-refractivity contribution in [1.82, 2.24) is 5.32 Å². The van der Waals surface area contributed by atoms with Crippen molar-refractivity contribution in [2.24, 2.45) is 0 Å². The smallest absolute Gasteiger partial charge is 0.412 e. The molecule has 2 amide bonds. The van der Waals surface area contributed by atoms with Crippen molar-refractivity contribution in [3.8, 4) is 0 Å². The van der Waals surface area contributed by atoms with Gasteiger partial charge >= 0.3 is 6.09 Å². The Morgan fingerprint density at radius 1 is 0.968 bits per heavy atom. The number of nitrogens with one attached hydrogen (secondary N) is 3. The van der Waals surface area contributed by atoms with Crippen LogP contribution in [0.3, 0.4) is 0 Å². The molecular weight excluding hydrogens is 390 g/mol. The second-order valence-electron chi connectivity index (χ2n) is 9.15. The molecule has 2 aromatic carbocycles. The van der Waals surface area contributed by atoms with Crippen molar-refractivity contribution in [2.75, 3.05) is 18.4 Å². The van der Waals surface area contributed by atoms with Crippen molar-refractivity contribution in [3.63, 3.8) is 0 Å². The lowest BCUT2D eigenvalue weighted by molar-refractivity contribution is -0.918. The Bertz CT molecular complexity index is 899. The number of ether oxygens (including phenoxy) is 1. The third kappa shape index (κ3) is 7.40. The summed E-state index contributed by atoms with van der Waals surface area (Å²) in [4.78, 5) is 26.3. The molecule has 0 aromatic heterocycles. The number of anilines is 1. The van der Waals surface area contributed by atoms with E-state index >= 15 is 0 Å². The molecule has 6 heteroatoms. The number of hydrogen-bond acceptors (Lipinski definition) is 3. The molecule has 1 aliphatic heterocycles. The molecule has 0 aliphatic carbocycles. The molecule has 6 nitrogen and oxygen atoms in total. The lowest BCUT2D eigenvalue weighted by Gasteiger charge is -2.24. The number of carbonyl (C=O) groups excluding carboxylic acids is 2. The van der Waals surface area contributed by atoms with Gasteiger partial charge in [-0.15, -0.1) is 0 Å². The summed E-state index contributed by atoms with van der Waals surface area (Å²) in [6.07, 6.45) is 3.38. The monoisotopic (exact) mass is 424 g/mol. The molecule has 0 bridgehead atoms. The normalized spacial score (nSPS) is 14.7. The number of hydrogen-bond donors (Lipinski definition) is 3. The fourth-order valence-corrected chi connectivity index (χ4v) is 3.84. The molecule has 1 fully saturated rings. The molecular formula is C25H34N3O3+. The van der Waals surface area contributed by atoms with Crippen molar-refractivity contribution >= 4 is 17.7 Å². The van der Waals surface area contributed by atoms with Gasteiger partial charge in [-0.3, -0.25) is 10.1 Å². The lowest BCUT2D eigenvalue weighted by atomic mass is 10.0. The molecule has 31 heavy (non-hydrogen) atoms. The Morgan fingerprint density at radius 2 is 1.68 bits per heavy atom. The van der Waals surface area contributed by atoms with E-state index < -0.39 is 11.7 Å². The van der Waals surface area contributed by atoms with Crippen LogP contribution in [0.15, 0.2) is 48.5 Å². The summed E-state index contributed by atoms with van der Waals surface area (Å²) >= 11 is 0. The number of rotatable bonds is 6. The van der Waals surface area contributed by atoms with E-state index in [1.54, 1.807) is 49.9 Å². The fraction of sp³-hybridized carbons (Fsp3) is 0.440. The highest BCUT2D eigenvalue weighted by atomic mass is 16.6. The van der Waals surface area contributed by atoms with E-state index in [0.29, 0.717) is 17.8 Å². The summed E-state index contributed by atoms with van der Waals surface area (Å²) in [5.41, 5.74) is 2.88. The topological polar surface area (TPSA) is 71.9 Å².